The van der Waals surface area contributed by atoms with E-state index >= 15 is 0 Å². The van der Waals surface area contributed by atoms with Crippen molar-refractivity contribution in [1.82, 2.24) is 15.6 Å². The van der Waals surface area contributed by atoms with Gasteiger partial charge < -0.3 is 16.0 Å². The number of nitrogens with one attached hydrogen (secondary N) is 3. The number of carbonyl (C=O) groups is 1. The third kappa shape index (κ3) is 6.00. The second-order valence-electron chi connectivity index (χ2n) is 5.88. The van der Waals surface area contributed by atoms with Crippen LogP contribution in [-0.4, -0.2) is 30.4 Å². The molecule has 3 N–H and O–H groups in total. The average molecular weight is 394 g/mol. The second kappa shape index (κ2) is 9.54. The Morgan fingerprint density at radius 1 is 1.27 bits per heavy atom. The summed E-state index contributed by atoms with van der Waals surface area (Å²) in [4.78, 5) is 21.8. The van der Waals surface area contributed by atoms with Crippen LogP contribution in [0.1, 0.15) is 27.6 Å². The van der Waals surface area contributed by atoms with Gasteiger partial charge in [-0.05, 0) is 38.5 Å². The van der Waals surface area contributed by atoms with Gasteiger partial charge in [-0.3, -0.25) is 9.79 Å². The molecule has 1 amide bonds. The van der Waals surface area contributed by atoms with Gasteiger partial charge in [-0.2, -0.15) is 0 Å². The minimum Gasteiger partial charge on any atom is -0.356 e. The molecule has 2 rings (SSSR count). The molecule has 1 heterocycles. The molecule has 0 atom stereocenters. The van der Waals surface area contributed by atoms with Crippen molar-refractivity contribution < 1.29 is 4.79 Å². The molecule has 2 aromatic rings. The Hall–Kier alpha value is -2.12. The number of amides is 1. The summed E-state index contributed by atoms with van der Waals surface area (Å²) in [6.45, 7) is 7.07. The highest BCUT2D eigenvalue weighted by Crippen LogP contribution is 2.22. The molecule has 0 spiro atoms. The monoisotopic (exact) mass is 393 g/mol. The van der Waals surface area contributed by atoms with Crippen LogP contribution in [0.5, 0.6) is 0 Å². The number of aromatic nitrogens is 1. The van der Waals surface area contributed by atoms with Gasteiger partial charge >= 0.3 is 0 Å². The molecule has 0 unspecified atom stereocenters. The molecule has 0 aliphatic heterocycles. The third-order valence-electron chi connectivity index (χ3n) is 3.68. The molecule has 8 heteroatoms. The number of rotatable bonds is 6. The fraction of sp³-hybridized carbons (Fsp3) is 0.389. The van der Waals surface area contributed by atoms with Crippen LogP contribution in [0.25, 0.3) is 0 Å². The molecule has 140 valence electrons. The molecular formula is C18H24ClN5OS. The number of aryl methyl sites for hydroxylation is 3. The summed E-state index contributed by atoms with van der Waals surface area (Å²) in [7, 11) is 1.70. The van der Waals surface area contributed by atoms with Crippen LogP contribution in [0.15, 0.2) is 23.2 Å². The largest absolute Gasteiger partial charge is 0.356 e. The van der Waals surface area contributed by atoms with Crippen LogP contribution < -0.4 is 16.0 Å². The van der Waals surface area contributed by atoms with Crippen LogP contribution in [0.3, 0.4) is 0 Å². The predicted octanol–water partition coefficient (Wildman–Crippen LogP) is 3.42. The maximum atomic E-state index is 12.1. The van der Waals surface area contributed by atoms with E-state index in [1.165, 1.54) is 4.88 Å². The van der Waals surface area contributed by atoms with E-state index in [0.717, 1.165) is 16.3 Å². The topological polar surface area (TPSA) is 78.4 Å². The molecular weight excluding hydrogens is 370 g/mol. The Kier molecular flexibility index (Phi) is 7.41. The lowest BCUT2D eigenvalue weighted by Crippen LogP contribution is -2.38. The highest BCUT2D eigenvalue weighted by atomic mass is 35.5. The minimum atomic E-state index is -0.104. The standard InChI is InChI=1S/C18H24ClN5OS/c1-11-5-6-15(14(19)9-11)24-17(25)7-8-21-18(20-4)22-10-16-12(2)23-13(3)26-16/h5-6,9H,7-8,10H2,1-4H3,(H,24,25)(H2,20,21,22). The Morgan fingerprint density at radius 3 is 2.65 bits per heavy atom. The SMILES string of the molecule is CN=C(NCCC(=O)Nc1ccc(C)cc1Cl)NCc1sc(C)nc1C. The van der Waals surface area contributed by atoms with Gasteiger partial charge in [0.1, 0.15) is 0 Å². The first-order valence-electron chi connectivity index (χ1n) is 8.32. The van der Waals surface area contributed by atoms with Crippen LogP contribution in [0.4, 0.5) is 5.69 Å². The first-order chi connectivity index (χ1) is 12.4. The maximum Gasteiger partial charge on any atom is 0.226 e. The van der Waals surface area contributed by atoms with Crippen molar-refractivity contribution >= 4 is 40.5 Å². The van der Waals surface area contributed by atoms with Gasteiger partial charge in [-0.25, -0.2) is 4.98 Å². The van der Waals surface area contributed by atoms with Crippen molar-refractivity contribution in [2.24, 2.45) is 4.99 Å². The lowest BCUT2D eigenvalue weighted by atomic mass is 10.2. The quantitative estimate of drug-likeness (QED) is 0.519. The fourth-order valence-electron chi connectivity index (χ4n) is 2.35. The van der Waals surface area contributed by atoms with Gasteiger partial charge in [0.25, 0.3) is 0 Å². The van der Waals surface area contributed by atoms with Crippen molar-refractivity contribution in [1.29, 1.82) is 0 Å². The summed E-state index contributed by atoms with van der Waals surface area (Å²) in [5.74, 6) is 0.546. The summed E-state index contributed by atoms with van der Waals surface area (Å²) in [5.41, 5.74) is 2.71. The van der Waals surface area contributed by atoms with Crippen molar-refractivity contribution in [2.75, 3.05) is 18.9 Å². The number of aliphatic imine (C=N–C) groups is 1. The van der Waals surface area contributed by atoms with Crippen molar-refractivity contribution in [3.63, 3.8) is 0 Å². The molecule has 1 aromatic heterocycles. The smallest absolute Gasteiger partial charge is 0.226 e. The highest BCUT2D eigenvalue weighted by molar-refractivity contribution is 7.11. The van der Waals surface area contributed by atoms with E-state index < -0.39 is 0 Å². The van der Waals surface area contributed by atoms with Crippen molar-refractivity contribution in [3.8, 4) is 0 Å². The molecule has 0 fully saturated rings. The Balaban J connectivity index is 1.76. The number of thiazole rings is 1. The minimum absolute atomic E-state index is 0.104. The molecule has 6 nitrogen and oxygen atoms in total. The molecule has 0 aliphatic carbocycles. The molecule has 1 aromatic carbocycles. The fourth-order valence-corrected chi connectivity index (χ4v) is 3.51. The normalized spacial score (nSPS) is 11.3. The zero-order chi connectivity index (χ0) is 19.1. The van der Waals surface area contributed by atoms with Crippen LogP contribution in [0.2, 0.25) is 5.02 Å². The van der Waals surface area contributed by atoms with Crippen molar-refractivity contribution in [3.05, 3.63) is 44.4 Å². The highest BCUT2D eigenvalue weighted by Gasteiger charge is 2.08. The number of hydrogen-bond donors (Lipinski definition) is 3. The average Bonchev–Trinajstić information content (AvgIpc) is 2.91. The number of anilines is 1. The van der Waals surface area contributed by atoms with E-state index in [1.54, 1.807) is 18.4 Å². The summed E-state index contributed by atoms with van der Waals surface area (Å²) >= 11 is 7.80. The number of guanidine groups is 1. The Labute approximate surface area is 163 Å². The molecule has 0 bridgehead atoms. The van der Waals surface area contributed by atoms with E-state index in [4.69, 9.17) is 11.6 Å². The van der Waals surface area contributed by atoms with E-state index in [2.05, 4.69) is 25.9 Å². The first kappa shape index (κ1) is 20.2. The lowest BCUT2D eigenvalue weighted by Gasteiger charge is -2.12. The second-order valence-corrected chi connectivity index (χ2v) is 7.57. The van der Waals surface area contributed by atoms with Gasteiger partial charge in [-0.1, -0.05) is 17.7 Å². The van der Waals surface area contributed by atoms with E-state index in [0.29, 0.717) is 36.2 Å². The summed E-state index contributed by atoms with van der Waals surface area (Å²) in [5, 5.41) is 10.8. The van der Waals surface area contributed by atoms with E-state index in [9.17, 15) is 4.79 Å². The van der Waals surface area contributed by atoms with Gasteiger partial charge in [0.15, 0.2) is 5.96 Å². The van der Waals surface area contributed by atoms with E-state index in [1.807, 2.05) is 39.0 Å². The molecule has 26 heavy (non-hydrogen) atoms. The third-order valence-corrected chi connectivity index (χ3v) is 5.07. The number of carbonyl (C=O) groups excluding carboxylic acids is 1. The maximum absolute atomic E-state index is 12.1. The summed E-state index contributed by atoms with van der Waals surface area (Å²) in [6.07, 6.45) is 0.309. The van der Waals surface area contributed by atoms with Crippen LogP contribution in [-0.2, 0) is 11.3 Å². The van der Waals surface area contributed by atoms with Gasteiger partial charge in [0.2, 0.25) is 5.91 Å². The Morgan fingerprint density at radius 2 is 2.04 bits per heavy atom. The molecule has 0 saturated heterocycles. The van der Waals surface area contributed by atoms with Gasteiger partial charge in [0, 0.05) is 24.9 Å². The summed E-state index contributed by atoms with van der Waals surface area (Å²) in [6, 6.07) is 5.54. The van der Waals surface area contributed by atoms with Gasteiger partial charge in [-0.15, -0.1) is 11.3 Å². The number of nitrogens with zero attached hydrogens (tertiary/aromatic N) is 2. The van der Waals surface area contributed by atoms with Crippen LogP contribution >= 0.6 is 22.9 Å². The van der Waals surface area contributed by atoms with E-state index in [-0.39, 0.29) is 5.91 Å². The zero-order valence-corrected chi connectivity index (χ0v) is 17.0. The number of halogens is 1. The van der Waals surface area contributed by atoms with Crippen molar-refractivity contribution in [2.45, 2.75) is 33.7 Å². The molecule has 0 radical (unpaired) electrons. The zero-order valence-electron chi connectivity index (χ0n) is 15.4. The first-order valence-corrected chi connectivity index (χ1v) is 9.52. The number of benzene rings is 1. The lowest BCUT2D eigenvalue weighted by molar-refractivity contribution is -0.116. The molecule has 0 saturated carbocycles. The summed E-state index contributed by atoms with van der Waals surface area (Å²) < 4.78 is 0. The Bertz CT molecular complexity index is 803. The molecule has 0 aliphatic rings. The van der Waals surface area contributed by atoms with Gasteiger partial charge in [0.05, 0.1) is 28.0 Å². The predicted molar refractivity (Wildman–Crippen MR) is 109 cm³/mol. The van der Waals surface area contributed by atoms with Crippen LogP contribution in [0, 0.1) is 20.8 Å². The number of hydrogen-bond acceptors (Lipinski definition) is 4.